The number of aliphatic hydroxyl groups is 1. The molecule has 2 aliphatic heterocycles. The molecule has 0 aromatic heterocycles. The lowest BCUT2D eigenvalue weighted by Crippen LogP contribution is -2.66. The van der Waals surface area contributed by atoms with Crippen molar-refractivity contribution in [3.8, 4) is 0 Å². The molecule has 5 nitrogen and oxygen atoms in total. The van der Waals surface area contributed by atoms with Crippen LogP contribution in [0, 0.1) is 23.5 Å². The van der Waals surface area contributed by atoms with Crippen LogP contribution in [0.2, 0.25) is 0 Å². The molecular formula is C23H24BrF2N3O2. The molecular weight excluding hydrogens is 468 g/mol. The van der Waals surface area contributed by atoms with Crippen LogP contribution >= 0.6 is 15.9 Å². The Morgan fingerprint density at radius 1 is 1.13 bits per heavy atom. The van der Waals surface area contributed by atoms with Crippen molar-refractivity contribution in [2.45, 2.75) is 5.60 Å². The Morgan fingerprint density at radius 3 is 2.26 bits per heavy atom. The highest BCUT2D eigenvalue weighted by molar-refractivity contribution is 9.10. The zero-order chi connectivity index (χ0) is 22.2. The van der Waals surface area contributed by atoms with Crippen LogP contribution < -0.4 is 5.32 Å². The summed E-state index contributed by atoms with van der Waals surface area (Å²) in [6.45, 7) is 6.37. The van der Waals surface area contributed by atoms with E-state index in [2.05, 4.69) is 32.7 Å². The molecule has 0 radical (unpaired) electrons. The van der Waals surface area contributed by atoms with Crippen molar-refractivity contribution in [3.05, 3.63) is 76.8 Å². The van der Waals surface area contributed by atoms with Gasteiger partial charge in [-0.1, -0.05) is 34.1 Å². The van der Waals surface area contributed by atoms with Crippen molar-refractivity contribution in [1.82, 2.24) is 9.80 Å². The van der Waals surface area contributed by atoms with Crippen LogP contribution in [0.1, 0.15) is 5.56 Å². The lowest BCUT2D eigenvalue weighted by atomic mass is 9.66. The van der Waals surface area contributed by atoms with Crippen LogP contribution in [0.15, 0.2) is 59.6 Å². The van der Waals surface area contributed by atoms with Crippen molar-refractivity contribution in [2.75, 3.05) is 38.0 Å². The van der Waals surface area contributed by atoms with E-state index in [-0.39, 0.29) is 17.5 Å². The van der Waals surface area contributed by atoms with Crippen molar-refractivity contribution < 1.29 is 18.7 Å². The number of anilines is 1. The number of hydrogen-bond acceptors (Lipinski definition) is 3. The fourth-order valence-electron chi connectivity index (χ4n) is 4.82. The fourth-order valence-corrected chi connectivity index (χ4v) is 5.09. The summed E-state index contributed by atoms with van der Waals surface area (Å²) >= 11 is 3.43. The molecule has 2 atom stereocenters. The standard InChI is InChI=1S/C23H24BrF2N3O2/c1-2-7-28-11-16-13-29(22(30)27-21-9-19(25)8-20(26)10-21)14-17(12-28)23(16,31)15-3-5-18(24)6-4-15/h2-6,8-10,16-17,31H,1,7,11-14H2,(H,27,30). The Morgan fingerprint density at radius 2 is 1.71 bits per heavy atom. The number of urea groups is 1. The molecule has 8 heteroatoms. The number of carbonyl (C=O) groups is 1. The molecule has 0 aliphatic carbocycles. The van der Waals surface area contributed by atoms with E-state index >= 15 is 0 Å². The highest BCUT2D eigenvalue weighted by atomic mass is 79.9. The molecule has 0 spiro atoms. The molecule has 2 aromatic rings. The Hall–Kier alpha value is -2.29. The number of piperidine rings is 2. The highest BCUT2D eigenvalue weighted by Gasteiger charge is 2.54. The van der Waals surface area contributed by atoms with E-state index in [1.807, 2.05) is 30.3 Å². The van der Waals surface area contributed by atoms with Crippen LogP contribution in [0.25, 0.3) is 0 Å². The molecule has 2 aromatic carbocycles. The monoisotopic (exact) mass is 491 g/mol. The maximum atomic E-state index is 13.5. The van der Waals surface area contributed by atoms with Gasteiger partial charge in [-0.25, -0.2) is 13.6 Å². The zero-order valence-corrected chi connectivity index (χ0v) is 18.5. The molecule has 2 aliphatic rings. The average Bonchev–Trinajstić information content (AvgIpc) is 2.68. The molecule has 2 bridgehead atoms. The van der Waals surface area contributed by atoms with E-state index in [0.29, 0.717) is 32.7 Å². The number of fused-ring (bicyclic) bond motifs is 2. The largest absolute Gasteiger partial charge is 0.384 e. The van der Waals surface area contributed by atoms with Gasteiger partial charge in [0.25, 0.3) is 0 Å². The summed E-state index contributed by atoms with van der Waals surface area (Å²) in [5.41, 5.74) is -0.175. The second kappa shape index (κ2) is 8.68. The normalized spacial score (nSPS) is 25.9. The summed E-state index contributed by atoms with van der Waals surface area (Å²) in [6.07, 6.45) is 1.84. The minimum Gasteiger partial charge on any atom is -0.384 e. The van der Waals surface area contributed by atoms with Gasteiger partial charge in [-0.2, -0.15) is 0 Å². The molecule has 2 heterocycles. The SMILES string of the molecule is C=CCN1CC2CN(C(=O)Nc3cc(F)cc(F)c3)CC(C1)C2(O)c1ccc(Br)cc1. The predicted molar refractivity (Wildman–Crippen MR) is 119 cm³/mol. The Labute approximate surface area is 188 Å². The maximum Gasteiger partial charge on any atom is 0.321 e. The van der Waals surface area contributed by atoms with Gasteiger partial charge in [-0.15, -0.1) is 6.58 Å². The van der Waals surface area contributed by atoms with E-state index in [4.69, 9.17) is 0 Å². The quantitative estimate of drug-likeness (QED) is 0.630. The number of amides is 2. The third-order valence-electron chi connectivity index (χ3n) is 6.18. The van der Waals surface area contributed by atoms with E-state index in [1.165, 1.54) is 0 Å². The Kier molecular flexibility index (Phi) is 6.14. The van der Waals surface area contributed by atoms with Crippen LogP contribution in [-0.2, 0) is 5.60 Å². The minimum absolute atomic E-state index is 0.0645. The molecule has 2 amide bonds. The Bertz CT molecular complexity index is 949. The summed E-state index contributed by atoms with van der Waals surface area (Å²) in [7, 11) is 0. The summed E-state index contributed by atoms with van der Waals surface area (Å²) in [4.78, 5) is 16.7. The number of nitrogens with one attached hydrogen (secondary N) is 1. The van der Waals surface area contributed by atoms with Crippen LogP contribution in [0.5, 0.6) is 0 Å². The molecule has 4 rings (SSSR count). The molecule has 2 saturated heterocycles. The smallest absolute Gasteiger partial charge is 0.321 e. The number of hydrogen-bond donors (Lipinski definition) is 2. The second-order valence-electron chi connectivity index (χ2n) is 8.23. The third kappa shape index (κ3) is 4.37. The molecule has 2 unspecified atom stereocenters. The summed E-state index contributed by atoms with van der Waals surface area (Å²) in [6, 6.07) is 10.1. The first-order chi connectivity index (χ1) is 14.8. The van der Waals surface area contributed by atoms with Gasteiger partial charge in [0.2, 0.25) is 0 Å². The van der Waals surface area contributed by atoms with E-state index in [9.17, 15) is 18.7 Å². The van der Waals surface area contributed by atoms with Gasteiger partial charge < -0.3 is 15.3 Å². The van der Waals surface area contributed by atoms with Crippen molar-refractivity contribution >= 4 is 27.6 Å². The summed E-state index contributed by atoms with van der Waals surface area (Å²) in [5, 5.41) is 14.4. The lowest BCUT2D eigenvalue weighted by Gasteiger charge is -2.55. The molecule has 31 heavy (non-hydrogen) atoms. The highest BCUT2D eigenvalue weighted by Crippen LogP contribution is 2.45. The first kappa shape index (κ1) is 21.9. The number of halogens is 3. The number of carbonyl (C=O) groups excluding carboxylic acids is 1. The van der Waals surface area contributed by atoms with Gasteiger partial charge >= 0.3 is 6.03 Å². The molecule has 164 valence electrons. The van der Waals surface area contributed by atoms with E-state index in [0.717, 1.165) is 28.2 Å². The first-order valence-corrected chi connectivity index (χ1v) is 10.9. The summed E-state index contributed by atoms with van der Waals surface area (Å²) < 4.78 is 27.9. The Balaban J connectivity index is 1.58. The number of rotatable bonds is 4. The second-order valence-corrected chi connectivity index (χ2v) is 9.14. The number of nitrogens with zero attached hydrogens (tertiary/aromatic N) is 2. The lowest BCUT2D eigenvalue weighted by molar-refractivity contribution is -0.155. The topological polar surface area (TPSA) is 55.8 Å². The van der Waals surface area contributed by atoms with E-state index < -0.39 is 23.3 Å². The van der Waals surface area contributed by atoms with Crippen molar-refractivity contribution in [2.24, 2.45) is 11.8 Å². The van der Waals surface area contributed by atoms with Gasteiger partial charge in [0.15, 0.2) is 0 Å². The van der Waals surface area contributed by atoms with Crippen LogP contribution in [0.4, 0.5) is 19.3 Å². The minimum atomic E-state index is -1.07. The van der Waals surface area contributed by atoms with E-state index in [1.54, 1.807) is 4.90 Å². The zero-order valence-electron chi connectivity index (χ0n) is 16.9. The van der Waals surface area contributed by atoms with Crippen molar-refractivity contribution in [3.63, 3.8) is 0 Å². The van der Waals surface area contributed by atoms with Gasteiger partial charge in [0, 0.05) is 60.8 Å². The fraction of sp³-hybridized carbons (Fsp3) is 0.348. The summed E-state index contributed by atoms with van der Waals surface area (Å²) in [5.74, 6) is -1.96. The van der Waals surface area contributed by atoms with Gasteiger partial charge in [-0.3, -0.25) is 4.90 Å². The third-order valence-corrected chi connectivity index (χ3v) is 6.71. The number of likely N-dealkylation sites (tertiary alicyclic amines) is 2. The molecule has 0 saturated carbocycles. The first-order valence-electron chi connectivity index (χ1n) is 10.1. The number of benzene rings is 2. The molecule has 2 N–H and O–H groups in total. The van der Waals surface area contributed by atoms with Gasteiger partial charge in [-0.05, 0) is 29.8 Å². The van der Waals surface area contributed by atoms with Crippen molar-refractivity contribution in [1.29, 1.82) is 0 Å². The maximum absolute atomic E-state index is 13.5. The van der Waals surface area contributed by atoms with Crippen LogP contribution in [-0.4, -0.2) is 53.7 Å². The van der Waals surface area contributed by atoms with Gasteiger partial charge in [0.05, 0.1) is 0 Å². The molecule has 2 fully saturated rings. The van der Waals surface area contributed by atoms with Gasteiger partial charge in [0.1, 0.15) is 17.2 Å². The average molecular weight is 492 g/mol. The van der Waals surface area contributed by atoms with Crippen LogP contribution in [0.3, 0.4) is 0 Å². The predicted octanol–water partition coefficient (Wildman–Crippen LogP) is 4.20.